The SMILES string of the molecule is Cc1cc(C)nc(SCC(=O)N(Cc2ccc(F)cc2)[C@H](C(=O)Nc2ccc3c(c2)OCO3)c2ccc(F)cc2)n1. The number of benzene rings is 3. The second-order valence-corrected chi connectivity index (χ2v) is 10.3. The van der Waals surface area contributed by atoms with Crippen molar-refractivity contribution in [2.45, 2.75) is 31.6 Å². The first-order valence-electron chi connectivity index (χ1n) is 12.7. The maximum absolute atomic E-state index is 13.9. The third-order valence-electron chi connectivity index (χ3n) is 6.26. The van der Waals surface area contributed by atoms with Crippen LogP contribution < -0.4 is 14.8 Å². The van der Waals surface area contributed by atoms with Crippen LogP contribution in [0.4, 0.5) is 14.5 Å². The molecule has 0 aliphatic carbocycles. The molecule has 0 bridgehead atoms. The van der Waals surface area contributed by atoms with E-state index in [0.717, 1.165) is 23.1 Å². The van der Waals surface area contributed by atoms with Crippen molar-refractivity contribution < 1.29 is 27.8 Å². The van der Waals surface area contributed by atoms with Crippen LogP contribution in [0.5, 0.6) is 11.5 Å². The number of aromatic nitrogens is 2. The zero-order valence-corrected chi connectivity index (χ0v) is 23.1. The zero-order valence-electron chi connectivity index (χ0n) is 22.3. The summed E-state index contributed by atoms with van der Waals surface area (Å²) < 4.78 is 38.3. The van der Waals surface area contributed by atoms with Crippen molar-refractivity contribution in [3.8, 4) is 11.5 Å². The van der Waals surface area contributed by atoms with Crippen LogP contribution in [0, 0.1) is 25.5 Å². The average molecular weight is 577 g/mol. The van der Waals surface area contributed by atoms with E-state index >= 15 is 0 Å². The van der Waals surface area contributed by atoms with Gasteiger partial charge in [0, 0.05) is 29.7 Å². The lowest BCUT2D eigenvalue weighted by atomic mass is 10.0. The molecule has 11 heteroatoms. The van der Waals surface area contributed by atoms with Crippen LogP contribution in [0.25, 0.3) is 0 Å². The average Bonchev–Trinajstić information content (AvgIpc) is 3.41. The lowest BCUT2D eigenvalue weighted by molar-refractivity contribution is -0.137. The molecule has 1 N–H and O–H groups in total. The number of anilines is 1. The van der Waals surface area contributed by atoms with Crippen molar-refractivity contribution in [1.29, 1.82) is 0 Å². The van der Waals surface area contributed by atoms with Crippen LogP contribution in [0.15, 0.2) is 78.0 Å². The number of hydrogen-bond acceptors (Lipinski definition) is 7. The number of ether oxygens (including phenoxy) is 2. The maximum atomic E-state index is 13.9. The summed E-state index contributed by atoms with van der Waals surface area (Å²) in [6.45, 7) is 3.75. The van der Waals surface area contributed by atoms with Crippen LogP contribution in [0.3, 0.4) is 0 Å². The Morgan fingerprint density at radius 1 is 0.902 bits per heavy atom. The molecule has 41 heavy (non-hydrogen) atoms. The van der Waals surface area contributed by atoms with Crippen molar-refractivity contribution in [3.63, 3.8) is 0 Å². The number of carbonyl (C=O) groups is 2. The monoisotopic (exact) mass is 576 g/mol. The van der Waals surface area contributed by atoms with E-state index in [2.05, 4.69) is 15.3 Å². The maximum Gasteiger partial charge on any atom is 0.251 e. The Labute approximate surface area is 239 Å². The number of hydrogen-bond donors (Lipinski definition) is 1. The Morgan fingerprint density at radius 2 is 1.54 bits per heavy atom. The Hall–Kier alpha value is -4.51. The molecule has 1 aliphatic heterocycles. The first kappa shape index (κ1) is 28.0. The van der Waals surface area contributed by atoms with Gasteiger partial charge in [0.2, 0.25) is 12.7 Å². The molecule has 8 nitrogen and oxygen atoms in total. The predicted molar refractivity (Wildman–Crippen MR) is 150 cm³/mol. The molecule has 0 unspecified atom stereocenters. The molecular formula is C30H26F2N4O4S. The second kappa shape index (κ2) is 12.3. The van der Waals surface area contributed by atoms with E-state index in [4.69, 9.17) is 9.47 Å². The van der Waals surface area contributed by atoms with Crippen molar-refractivity contribution in [3.05, 3.63) is 107 Å². The highest BCUT2D eigenvalue weighted by Crippen LogP contribution is 2.35. The van der Waals surface area contributed by atoms with Gasteiger partial charge in [-0.05, 0) is 67.4 Å². The summed E-state index contributed by atoms with van der Waals surface area (Å²) >= 11 is 1.15. The molecule has 4 aromatic rings. The fourth-order valence-electron chi connectivity index (χ4n) is 4.38. The zero-order chi connectivity index (χ0) is 28.9. The molecule has 3 aromatic carbocycles. The Morgan fingerprint density at radius 3 is 2.22 bits per heavy atom. The molecule has 0 saturated heterocycles. The number of halogens is 2. The largest absolute Gasteiger partial charge is 0.454 e. The molecule has 210 valence electrons. The smallest absolute Gasteiger partial charge is 0.251 e. The van der Waals surface area contributed by atoms with Crippen LogP contribution in [0.2, 0.25) is 0 Å². The van der Waals surface area contributed by atoms with Crippen LogP contribution in [-0.2, 0) is 16.1 Å². The van der Waals surface area contributed by atoms with Gasteiger partial charge in [0.25, 0.3) is 5.91 Å². The van der Waals surface area contributed by atoms with E-state index in [0.29, 0.717) is 33.5 Å². The first-order valence-corrected chi connectivity index (χ1v) is 13.7. The number of rotatable bonds is 9. The molecule has 0 spiro atoms. The van der Waals surface area contributed by atoms with E-state index < -0.39 is 29.5 Å². The standard InChI is InChI=1S/C30H26F2N4O4S/c1-18-13-19(2)34-30(33-18)41-16-27(37)36(15-20-3-7-22(31)8-4-20)28(21-5-9-23(32)10-6-21)29(38)35-24-11-12-25-26(14-24)40-17-39-25/h3-14,28H,15-17H2,1-2H3,(H,35,38)/t28-/m0/s1. The van der Waals surface area contributed by atoms with Crippen molar-refractivity contribution in [2.75, 3.05) is 17.9 Å². The minimum absolute atomic E-state index is 0.00994. The van der Waals surface area contributed by atoms with Gasteiger partial charge in [0.15, 0.2) is 16.7 Å². The molecule has 2 heterocycles. The summed E-state index contributed by atoms with van der Waals surface area (Å²) in [6, 6.07) is 16.7. The minimum Gasteiger partial charge on any atom is -0.454 e. The Bertz CT molecular complexity index is 1550. The molecule has 2 amide bonds. The van der Waals surface area contributed by atoms with Gasteiger partial charge in [-0.15, -0.1) is 0 Å². The van der Waals surface area contributed by atoms with Gasteiger partial charge in [0.05, 0.1) is 5.75 Å². The van der Waals surface area contributed by atoms with Crippen LogP contribution in [0.1, 0.15) is 28.6 Å². The summed E-state index contributed by atoms with van der Waals surface area (Å²) in [5.41, 5.74) is 2.97. The lowest BCUT2D eigenvalue weighted by Gasteiger charge is -2.31. The normalized spacial score (nSPS) is 12.6. The van der Waals surface area contributed by atoms with Gasteiger partial charge in [-0.3, -0.25) is 9.59 Å². The van der Waals surface area contributed by atoms with Crippen molar-refractivity contribution in [2.24, 2.45) is 0 Å². The molecule has 1 aromatic heterocycles. The quantitative estimate of drug-likeness (QED) is 0.205. The lowest BCUT2D eigenvalue weighted by Crippen LogP contribution is -2.41. The molecule has 1 aliphatic rings. The van der Waals surface area contributed by atoms with Gasteiger partial charge in [-0.1, -0.05) is 36.0 Å². The number of amides is 2. The number of nitrogens with one attached hydrogen (secondary N) is 1. The summed E-state index contributed by atoms with van der Waals surface area (Å²) in [5.74, 6) is -0.871. The highest BCUT2D eigenvalue weighted by Gasteiger charge is 2.32. The molecule has 5 rings (SSSR count). The Balaban J connectivity index is 1.48. The molecule has 0 saturated carbocycles. The van der Waals surface area contributed by atoms with Crippen LogP contribution >= 0.6 is 11.8 Å². The minimum atomic E-state index is -1.15. The van der Waals surface area contributed by atoms with Crippen LogP contribution in [-0.4, -0.2) is 39.2 Å². The van der Waals surface area contributed by atoms with Crippen molar-refractivity contribution in [1.82, 2.24) is 14.9 Å². The van der Waals surface area contributed by atoms with E-state index in [9.17, 15) is 18.4 Å². The van der Waals surface area contributed by atoms with Gasteiger partial charge in [0.1, 0.15) is 17.7 Å². The third-order valence-corrected chi connectivity index (χ3v) is 7.09. The molecule has 1 atom stereocenters. The van der Waals surface area contributed by atoms with Gasteiger partial charge >= 0.3 is 0 Å². The highest BCUT2D eigenvalue weighted by atomic mass is 32.2. The predicted octanol–water partition coefficient (Wildman–Crippen LogP) is 5.60. The summed E-state index contributed by atoms with van der Waals surface area (Å²) in [4.78, 5) is 37.9. The highest BCUT2D eigenvalue weighted by molar-refractivity contribution is 7.99. The summed E-state index contributed by atoms with van der Waals surface area (Å²) in [7, 11) is 0. The van der Waals surface area contributed by atoms with E-state index in [-0.39, 0.29) is 19.1 Å². The number of aryl methyl sites for hydroxylation is 2. The first-order chi connectivity index (χ1) is 19.7. The molecular weight excluding hydrogens is 550 g/mol. The Kier molecular flexibility index (Phi) is 8.44. The fraction of sp³-hybridized carbons (Fsp3) is 0.200. The fourth-order valence-corrected chi connectivity index (χ4v) is 5.22. The van der Waals surface area contributed by atoms with Gasteiger partial charge < -0.3 is 19.7 Å². The van der Waals surface area contributed by atoms with E-state index in [1.165, 1.54) is 41.3 Å². The number of thioether (sulfide) groups is 1. The van der Waals surface area contributed by atoms with Crippen molar-refractivity contribution >= 4 is 29.3 Å². The van der Waals surface area contributed by atoms with Gasteiger partial charge in [-0.2, -0.15) is 0 Å². The second-order valence-electron chi connectivity index (χ2n) is 9.38. The third kappa shape index (κ3) is 6.98. The number of nitrogens with zero attached hydrogens (tertiary/aromatic N) is 3. The van der Waals surface area contributed by atoms with Gasteiger partial charge in [-0.25, -0.2) is 18.7 Å². The van der Waals surface area contributed by atoms with E-state index in [1.807, 2.05) is 19.9 Å². The number of fused-ring (bicyclic) bond motifs is 1. The summed E-state index contributed by atoms with van der Waals surface area (Å²) in [6.07, 6.45) is 0. The molecule has 0 fully saturated rings. The van der Waals surface area contributed by atoms with E-state index in [1.54, 1.807) is 30.3 Å². The topological polar surface area (TPSA) is 93.7 Å². The summed E-state index contributed by atoms with van der Waals surface area (Å²) in [5, 5.41) is 3.28. The number of carbonyl (C=O) groups excluding carboxylic acids is 2. The molecule has 0 radical (unpaired) electrons.